The molecule has 4 heteroatoms. The van der Waals surface area contributed by atoms with Crippen molar-refractivity contribution in [1.82, 2.24) is 5.32 Å². The van der Waals surface area contributed by atoms with Crippen molar-refractivity contribution in [3.8, 4) is 11.8 Å². The van der Waals surface area contributed by atoms with E-state index in [0.717, 1.165) is 30.6 Å². The Balaban J connectivity index is 1.54. The van der Waals surface area contributed by atoms with Crippen LogP contribution in [0.5, 0.6) is 0 Å². The summed E-state index contributed by atoms with van der Waals surface area (Å²) in [5.41, 5.74) is 2.41. The minimum Gasteiger partial charge on any atom is -0.341 e. The molecule has 4 nitrogen and oxygen atoms in total. The third-order valence-electron chi connectivity index (χ3n) is 4.11. The molecule has 0 bridgehead atoms. The number of nitrogens with one attached hydrogen (secondary N) is 1. The lowest BCUT2D eigenvalue weighted by Gasteiger charge is -2.26. The number of amides is 2. The predicted molar refractivity (Wildman–Crippen MR) is 98.3 cm³/mol. The van der Waals surface area contributed by atoms with E-state index in [0.29, 0.717) is 18.5 Å². The first-order valence-electron chi connectivity index (χ1n) is 8.46. The highest BCUT2D eigenvalue weighted by molar-refractivity contribution is 5.94. The van der Waals surface area contributed by atoms with Crippen LogP contribution in [0.1, 0.15) is 35.2 Å². The van der Waals surface area contributed by atoms with Gasteiger partial charge in [-0.1, -0.05) is 30.0 Å². The first-order chi connectivity index (χ1) is 12.2. The van der Waals surface area contributed by atoms with Crippen molar-refractivity contribution < 1.29 is 9.59 Å². The van der Waals surface area contributed by atoms with Crippen LogP contribution < -0.4 is 10.2 Å². The number of hydrogen-bond donors (Lipinski definition) is 1. The lowest BCUT2D eigenvalue weighted by Crippen LogP contribution is -2.35. The quantitative estimate of drug-likeness (QED) is 0.879. The molecule has 2 aromatic rings. The van der Waals surface area contributed by atoms with Crippen molar-refractivity contribution in [3.05, 3.63) is 65.7 Å². The summed E-state index contributed by atoms with van der Waals surface area (Å²) in [6.07, 6.45) is 2.66. The molecule has 0 atom stereocenters. The van der Waals surface area contributed by atoms with Crippen molar-refractivity contribution in [2.45, 2.75) is 19.3 Å². The van der Waals surface area contributed by atoms with E-state index in [-0.39, 0.29) is 11.8 Å². The maximum Gasteiger partial charge on any atom is 0.252 e. The standard InChI is InChI=1S/C21H20N2O2/c24-20-10-4-5-16-23(20)19-13-11-17(12-14-19)7-6-15-22-21(25)18-8-2-1-3-9-18/h1-3,8-9,11-14H,4-5,10,15-16H2,(H,22,25). The molecular weight excluding hydrogens is 312 g/mol. The van der Waals surface area contributed by atoms with Crippen LogP contribution in [0.3, 0.4) is 0 Å². The zero-order valence-electron chi connectivity index (χ0n) is 14.0. The zero-order chi connectivity index (χ0) is 17.5. The fourth-order valence-electron chi connectivity index (χ4n) is 2.77. The van der Waals surface area contributed by atoms with Crippen LogP contribution in [0.25, 0.3) is 0 Å². The van der Waals surface area contributed by atoms with E-state index >= 15 is 0 Å². The molecule has 0 spiro atoms. The van der Waals surface area contributed by atoms with Crippen molar-refractivity contribution in [3.63, 3.8) is 0 Å². The average Bonchev–Trinajstić information content (AvgIpc) is 2.67. The van der Waals surface area contributed by atoms with Gasteiger partial charge in [-0.2, -0.15) is 0 Å². The zero-order valence-corrected chi connectivity index (χ0v) is 14.0. The Kier molecular flexibility index (Phi) is 5.48. The number of benzene rings is 2. The van der Waals surface area contributed by atoms with Crippen LogP contribution in [-0.2, 0) is 4.79 Å². The number of carbonyl (C=O) groups excluding carboxylic acids is 2. The highest BCUT2D eigenvalue weighted by Crippen LogP contribution is 2.20. The van der Waals surface area contributed by atoms with E-state index in [9.17, 15) is 9.59 Å². The minimum absolute atomic E-state index is 0.131. The van der Waals surface area contributed by atoms with E-state index in [1.54, 1.807) is 12.1 Å². The maximum absolute atomic E-state index is 11.9. The van der Waals surface area contributed by atoms with Gasteiger partial charge in [0, 0.05) is 29.8 Å². The van der Waals surface area contributed by atoms with Gasteiger partial charge in [-0.3, -0.25) is 9.59 Å². The number of piperidine rings is 1. The normalized spacial score (nSPS) is 13.8. The smallest absolute Gasteiger partial charge is 0.252 e. The molecule has 1 heterocycles. The lowest BCUT2D eigenvalue weighted by atomic mass is 10.1. The Morgan fingerprint density at radius 2 is 1.80 bits per heavy atom. The highest BCUT2D eigenvalue weighted by Gasteiger charge is 2.19. The van der Waals surface area contributed by atoms with Crippen LogP contribution in [-0.4, -0.2) is 24.9 Å². The first-order valence-corrected chi connectivity index (χ1v) is 8.46. The maximum atomic E-state index is 11.9. The Bertz CT molecular complexity index is 801. The van der Waals surface area contributed by atoms with Gasteiger partial charge < -0.3 is 10.2 Å². The van der Waals surface area contributed by atoms with E-state index < -0.39 is 0 Å². The lowest BCUT2D eigenvalue weighted by molar-refractivity contribution is -0.119. The second kappa shape index (κ2) is 8.16. The second-order valence-corrected chi connectivity index (χ2v) is 5.90. The van der Waals surface area contributed by atoms with Gasteiger partial charge in [-0.15, -0.1) is 0 Å². The molecule has 1 fully saturated rings. The Labute approximate surface area is 147 Å². The molecular formula is C21H20N2O2. The van der Waals surface area contributed by atoms with Gasteiger partial charge in [-0.05, 0) is 49.2 Å². The van der Waals surface area contributed by atoms with Crippen molar-refractivity contribution in [1.29, 1.82) is 0 Å². The minimum atomic E-state index is -0.131. The molecule has 2 aromatic carbocycles. The summed E-state index contributed by atoms with van der Waals surface area (Å²) in [5.74, 6) is 6.03. The van der Waals surface area contributed by atoms with Crippen molar-refractivity contribution in [2.75, 3.05) is 18.0 Å². The van der Waals surface area contributed by atoms with Crippen LogP contribution in [0.4, 0.5) is 5.69 Å². The van der Waals surface area contributed by atoms with Gasteiger partial charge in [0.15, 0.2) is 0 Å². The molecule has 1 N–H and O–H groups in total. The third kappa shape index (κ3) is 4.48. The van der Waals surface area contributed by atoms with Gasteiger partial charge in [-0.25, -0.2) is 0 Å². The molecule has 0 aromatic heterocycles. The third-order valence-corrected chi connectivity index (χ3v) is 4.11. The summed E-state index contributed by atoms with van der Waals surface area (Å²) < 4.78 is 0. The van der Waals surface area contributed by atoms with E-state index in [4.69, 9.17) is 0 Å². The molecule has 1 aliphatic rings. The Morgan fingerprint density at radius 1 is 1.04 bits per heavy atom. The van der Waals surface area contributed by atoms with Crippen LogP contribution in [0, 0.1) is 11.8 Å². The van der Waals surface area contributed by atoms with Crippen LogP contribution in [0.15, 0.2) is 54.6 Å². The first kappa shape index (κ1) is 16.8. The van der Waals surface area contributed by atoms with Gasteiger partial charge in [0.2, 0.25) is 5.91 Å². The van der Waals surface area contributed by atoms with Gasteiger partial charge >= 0.3 is 0 Å². The summed E-state index contributed by atoms with van der Waals surface area (Å²) in [6.45, 7) is 1.08. The van der Waals surface area contributed by atoms with Crippen molar-refractivity contribution >= 4 is 17.5 Å². The molecule has 3 rings (SSSR count). The van der Waals surface area contributed by atoms with Crippen LogP contribution >= 0.6 is 0 Å². The highest BCUT2D eigenvalue weighted by atomic mass is 16.2. The molecule has 0 unspecified atom stereocenters. The number of anilines is 1. The second-order valence-electron chi connectivity index (χ2n) is 5.90. The number of nitrogens with zero attached hydrogens (tertiary/aromatic N) is 1. The molecule has 126 valence electrons. The fourth-order valence-corrected chi connectivity index (χ4v) is 2.77. The number of carbonyl (C=O) groups is 2. The number of hydrogen-bond acceptors (Lipinski definition) is 2. The molecule has 0 saturated carbocycles. The predicted octanol–water partition coefficient (Wildman–Crippen LogP) is 2.99. The molecule has 2 amide bonds. The summed E-state index contributed by atoms with van der Waals surface area (Å²) in [4.78, 5) is 25.7. The van der Waals surface area contributed by atoms with Crippen LogP contribution in [0.2, 0.25) is 0 Å². The van der Waals surface area contributed by atoms with Gasteiger partial charge in [0.1, 0.15) is 0 Å². The fraction of sp³-hybridized carbons (Fsp3) is 0.238. The molecule has 0 radical (unpaired) electrons. The summed E-state index contributed by atoms with van der Waals surface area (Å²) in [5, 5.41) is 2.77. The summed E-state index contributed by atoms with van der Waals surface area (Å²) >= 11 is 0. The van der Waals surface area contributed by atoms with E-state index in [1.165, 1.54) is 0 Å². The van der Waals surface area contributed by atoms with E-state index in [1.807, 2.05) is 47.4 Å². The largest absolute Gasteiger partial charge is 0.341 e. The van der Waals surface area contributed by atoms with E-state index in [2.05, 4.69) is 17.2 Å². The van der Waals surface area contributed by atoms with Gasteiger partial charge in [0.25, 0.3) is 5.91 Å². The summed E-state index contributed by atoms with van der Waals surface area (Å²) in [7, 11) is 0. The Hall–Kier alpha value is -3.06. The molecule has 25 heavy (non-hydrogen) atoms. The number of rotatable bonds is 3. The SMILES string of the molecule is O=C(NCC#Cc1ccc(N2CCCCC2=O)cc1)c1ccccc1. The average molecular weight is 332 g/mol. The molecule has 1 saturated heterocycles. The van der Waals surface area contributed by atoms with Gasteiger partial charge in [0.05, 0.1) is 6.54 Å². The monoisotopic (exact) mass is 332 g/mol. The topological polar surface area (TPSA) is 49.4 Å². The molecule has 0 aliphatic carbocycles. The van der Waals surface area contributed by atoms with Crippen molar-refractivity contribution in [2.24, 2.45) is 0 Å². The summed E-state index contributed by atoms with van der Waals surface area (Å²) in [6, 6.07) is 16.7. The Morgan fingerprint density at radius 3 is 2.52 bits per heavy atom. The molecule has 1 aliphatic heterocycles.